The van der Waals surface area contributed by atoms with Gasteiger partial charge in [-0.3, -0.25) is 0 Å². The van der Waals surface area contributed by atoms with E-state index in [2.05, 4.69) is 29.4 Å². The van der Waals surface area contributed by atoms with E-state index in [1.807, 2.05) is 24.3 Å². The van der Waals surface area contributed by atoms with Crippen molar-refractivity contribution in [1.82, 2.24) is 20.2 Å². The number of hydrogen-bond donors (Lipinski definition) is 1. The lowest BCUT2D eigenvalue weighted by atomic mass is 10.0. The molecule has 21 heavy (non-hydrogen) atoms. The molecule has 1 aromatic carbocycles. The molecule has 114 valence electrons. The third kappa shape index (κ3) is 4.44. The molecule has 0 saturated heterocycles. The fourth-order valence-electron chi connectivity index (χ4n) is 1.84. The van der Waals surface area contributed by atoms with Gasteiger partial charge in [0.15, 0.2) is 0 Å². The van der Waals surface area contributed by atoms with Gasteiger partial charge in [-0.25, -0.2) is 4.68 Å². The zero-order valence-electron chi connectivity index (χ0n) is 12.4. The van der Waals surface area contributed by atoms with Gasteiger partial charge in [-0.1, -0.05) is 43.8 Å². The van der Waals surface area contributed by atoms with Gasteiger partial charge in [0.25, 0.3) is 0 Å². The molecule has 2 aromatic rings. The number of thioether (sulfide) groups is 1. The summed E-state index contributed by atoms with van der Waals surface area (Å²) in [4.78, 5) is 0. The summed E-state index contributed by atoms with van der Waals surface area (Å²) in [6.07, 6.45) is -0.577. The van der Waals surface area contributed by atoms with Crippen LogP contribution in [0.3, 0.4) is 0 Å². The molecule has 1 heterocycles. The van der Waals surface area contributed by atoms with Gasteiger partial charge in [-0.15, -0.1) is 5.10 Å². The number of tetrazole rings is 1. The Morgan fingerprint density at radius 3 is 2.76 bits per heavy atom. The summed E-state index contributed by atoms with van der Waals surface area (Å²) in [5.41, 5.74) is 1.15. The maximum Gasteiger partial charge on any atom is 0.209 e. The van der Waals surface area contributed by atoms with Gasteiger partial charge >= 0.3 is 0 Å². The van der Waals surface area contributed by atoms with E-state index in [-0.39, 0.29) is 6.61 Å². The first kappa shape index (κ1) is 15.8. The van der Waals surface area contributed by atoms with Crippen molar-refractivity contribution >= 4 is 11.8 Å². The first-order chi connectivity index (χ1) is 10.1. The van der Waals surface area contributed by atoms with Crippen LogP contribution in [0.2, 0.25) is 0 Å². The Kier molecular flexibility index (Phi) is 5.58. The zero-order valence-corrected chi connectivity index (χ0v) is 13.2. The van der Waals surface area contributed by atoms with E-state index in [1.54, 1.807) is 11.7 Å². The quantitative estimate of drug-likeness (QED) is 0.787. The van der Waals surface area contributed by atoms with Crippen LogP contribution in [0.1, 0.15) is 25.3 Å². The van der Waals surface area contributed by atoms with Crippen molar-refractivity contribution in [1.29, 1.82) is 0 Å². The highest BCUT2D eigenvalue weighted by molar-refractivity contribution is 7.99. The van der Waals surface area contributed by atoms with Gasteiger partial charge in [0, 0.05) is 12.8 Å². The van der Waals surface area contributed by atoms with Gasteiger partial charge in [0.2, 0.25) is 5.16 Å². The van der Waals surface area contributed by atoms with Crippen LogP contribution >= 0.6 is 11.8 Å². The SMILES string of the molecule is CC(C)c1ccccc1OC[C@@H](O)CSc1nnnn1C. The fourth-order valence-corrected chi connectivity index (χ4v) is 2.59. The molecule has 2 rings (SSSR count). The topological polar surface area (TPSA) is 73.1 Å². The second kappa shape index (κ2) is 7.42. The molecule has 0 saturated carbocycles. The molecule has 0 spiro atoms. The number of ether oxygens (including phenoxy) is 1. The Balaban J connectivity index is 1.84. The smallest absolute Gasteiger partial charge is 0.209 e. The minimum Gasteiger partial charge on any atom is -0.491 e. The molecule has 1 atom stereocenters. The molecule has 0 aliphatic carbocycles. The number of rotatable bonds is 7. The lowest BCUT2D eigenvalue weighted by Gasteiger charge is -2.16. The van der Waals surface area contributed by atoms with Crippen molar-refractivity contribution in [3.63, 3.8) is 0 Å². The Bertz CT molecular complexity index is 574. The average molecular weight is 308 g/mol. The predicted molar refractivity (Wildman–Crippen MR) is 81.6 cm³/mol. The Labute approximate surface area is 128 Å². The molecule has 7 heteroatoms. The summed E-state index contributed by atoms with van der Waals surface area (Å²) in [6.45, 7) is 4.49. The number of aryl methyl sites for hydroxylation is 1. The minimum absolute atomic E-state index is 0.252. The van der Waals surface area contributed by atoms with Crippen LogP contribution < -0.4 is 4.74 Å². The molecule has 0 aliphatic rings. The summed E-state index contributed by atoms with van der Waals surface area (Å²) < 4.78 is 7.31. The van der Waals surface area contributed by atoms with E-state index in [4.69, 9.17) is 4.74 Å². The third-order valence-electron chi connectivity index (χ3n) is 2.96. The Morgan fingerprint density at radius 1 is 1.33 bits per heavy atom. The number of nitrogens with zero attached hydrogens (tertiary/aromatic N) is 4. The summed E-state index contributed by atoms with van der Waals surface area (Å²) in [6, 6.07) is 7.91. The van der Waals surface area contributed by atoms with E-state index in [1.165, 1.54) is 11.8 Å². The normalized spacial score (nSPS) is 12.6. The molecule has 1 N–H and O–H groups in total. The van der Waals surface area contributed by atoms with Gasteiger partial charge in [0.1, 0.15) is 12.4 Å². The Hall–Kier alpha value is -1.60. The highest BCUT2D eigenvalue weighted by Gasteiger charge is 2.12. The van der Waals surface area contributed by atoms with Crippen LogP contribution in [0.25, 0.3) is 0 Å². The molecular formula is C14H20N4O2S. The Morgan fingerprint density at radius 2 is 2.10 bits per heavy atom. The maximum atomic E-state index is 10.0. The first-order valence-corrected chi connectivity index (χ1v) is 7.81. The maximum absolute atomic E-state index is 10.0. The largest absolute Gasteiger partial charge is 0.491 e. The number of aliphatic hydroxyl groups excluding tert-OH is 1. The highest BCUT2D eigenvalue weighted by atomic mass is 32.2. The van der Waals surface area contributed by atoms with Crippen molar-refractivity contribution in [3.8, 4) is 5.75 Å². The molecule has 0 bridgehead atoms. The predicted octanol–water partition coefficient (Wildman–Crippen LogP) is 1.87. The van der Waals surface area contributed by atoms with Gasteiger partial charge < -0.3 is 9.84 Å². The zero-order chi connectivity index (χ0) is 15.2. The second-order valence-corrected chi connectivity index (χ2v) is 6.04. The minimum atomic E-state index is -0.577. The molecule has 6 nitrogen and oxygen atoms in total. The average Bonchev–Trinajstić information content (AvgIpc) is 2.88. The molecule has 0 unspecified atom stereocenters. The van der Waals surface area contributed by atoms with Crippen LogP contribution in [-0.2, 0) is 7.05 Å². The van der Waals surface area contributed by atoms with Gasteiger partial charge in [-0.2, -0.15) is 0 Å². The standard InChI is InChI=1S/C14H20N4O2S/c1-10(2)12-6-4-5-7-13(12)20-8-11(19)9-21-14-15-16-17-18(14)3/h4-7,10-11,19H,8-9H2,1-3H3/t11-/m1/s1. The fraction of sp³-hybridized carbons (Fsp3) is 0.500. The van der Waals surface area contributed by atoms with Crippen LogP contribution in [0.4, 0.5) is 0 Å². The molecule has 0 amide bonds. The van der Waals surface area contributed by atoms with E-state index in [9.17, 15) is 5.11 Å². The molecule has 1 aromatic heterocycles. The van der Waals surface area contributed by atoms with Crippen molar-refractivity contribution in [2.24, 2.45) is 7.05 Å². The highest BCUT2D eigenvalue weighted by Crippen LogP contribution is 2.26. The lowest BCUT2D eigenvalue weighted by molar-refractivity contribution is 0.125. The summed E-state index contributed by atoms with van der Waals surface area (Å²) in [5, 5.41) is 21.8. The molecule has 0 radical (unpaired) electrons. The van der Waals surface area contributed by atoms with Crippen molar-refractivity contribution in [2.45, 2.75) is 31.0 Å². The van der Waals surface area contributed by atoms with Crippen LogP contribution in [-0.4, -0.2) is 43.8 Å². The van der Waals surface area contributed by atoms with Crippen molar-refractivity contribution in [2.75, 3.05) is 12.4 Å². The third-order valence-corrected chi connectivity index (χ3v) is 4.11. The first-order valence-electron chi connectivity index (χ1n) is 6.83. The number of hydrogen-bond acceptors (Lipinski definition) is 6. The van der Waals surface area contributed by atoms with E-state index in [0.717, 1.165) is 11.3 Å². The van der Waals surface area contributed by atoms with Crippen molar-refractivity contribution < 1.29 is 9.84 Å². The molecular weight excluding hydrogens is 288 g/mol. The number of aromatic nitrogens is 4. The van der Waals surface area contributed by atoms with Crippen LogP contribution in [0.15, 0.2) is 29.4 Å². The van der Waals surface area contributed by atoms with E-state index < -0.39 is 6.10 Å². The monoisotopic (exact) mass is 308 g/mol. The number of para-hydroxylation sites is 1. The lowest BCUT2D eigenvalue weighted by Crippen LogP contribution is -2.20. The number of aliphatic hydroxyl groups is 1. The molecule has 0 aliphatic heterocycles. The van der Waals surface area contributed by atoms with Crippen molar-refractivity contribution in [3.05, 3.63) is 29.8 Å². The van der Waals surface area contributed by atoms with Crippen LogP contribution in [0.5, 0.6) is 5.75 Å². The van der Waals surface area contributed by atoms with E-state index in [0.29, 0.717) is 16.8 Å². The van der Waals surface area contributed by atoms with Gasteiger partial charge in [-0.05, 0) is 28.0 Å². The second-order valence-electron chi connectivity index (χ2n) is 5.05. The summed E-state index contributed by atoms with van der Waals surface area (Å²) in [7, 11) is 1.77. The number of benzene rings is 1. The molecule has 0 fully saturated rings. The van der Waals surface area contributed by atoms with Gasteiger partial charge in [0.05, 0.1) is 6.10 Å². The van der Waals surface area contributed by atoms with Crippen LogP contribution in [0, 0.1) is 0 Å². The summed E-state index contributed by atoms with van der Waals surface area (Å²) >= 11 is 1.40. The van der Waals surface area contributed by atoms with E-state index >= 15 is 0 Å². The summed E-state index contributed by atoms with van der Waals surface area (Å²) in [5.74, 6) is 1.70.